The second-order valence-electron chi connectivity index (χ2n) is 8.93. The fourth-order valence-electron chi connectivity index (χ4n) is 4.86. The van der Waals surface area contributed by atoms with E-state index in [9.17, 15) is 13.2 Å². The molecule has 0 atom stereocenters. The average Bonchev–Trinajstić information content (AvgIpc) is 2.85. The highest BCUT2D eigenvalue weighted by atomic mass is 35.5. The van der Waals surface area contributed by atoms with Crippen molar-refractivity contribution in [3.05, 3.63) is 59.1 Å². The zero-order valence-electron chi connectivity index (χ0n) is 19.0. The van der Waals surface area contributed by atoms with Gasteiger partial charge in [0.25, 0.3) is 0 Å². The predicted octanol–water partition coefficient (Wildman–Crippen LogP) is 4.23. The molecule has 178 valence electrons. The van der Waals surface area contributed by atoms with Crippen LogP contribution in [0.1, 0.15) is 31.2 Å². The zero-order valence-corrected chi connectivity index (χ0v) is 20.5. The number of methoxy groups -OCH3 is 1. The van der Waals surface area contributed by atoms with Crippen molar-refractivity contribution in [2.45, 2.75) is 37.0 Å². The smallest absolute Gasteiger partial charge is 0.243 e. The Balaban J connectivity index is 1.29. The molecule has 0 radical (unpaired) electrons. The number of carbonyl (C=O) groups is 1. The molecule has 4 rings (SSSR count). The van der Waals surface area contributed by atoms with Crippen LogP contribution in [0.4, 0.5) is 0 Å². The van der Waals surface area contributed by atoms with Crippen LogP contribution in [0.15, 0.2) is 53.4 Å². The quantitative estimate of drug-likeness (QED) is 0.607. The second kappa shape index (κ2) is 10.5. The summed E-state index contributed by atoms with van der Waals surface area (Å²) >= 11 is 6.12. The molecule has 0 spiro atoms. The number of piperidine rings is 2. The molecule has 2 aromatic rings. The van der Waals surface area contributed by atoms with Crippen molar-refractivity contribution in [3.63, 3.8) is 0 Å². The van der Waals surface area contributed by atoms with E-state index in [1.165, 1.54) is 29.1 Å². The molecule has 2 fully saturated rings. The Morgan fingerprint density at radius 1 is 1.00 bits per heavy atom. The van der Waals surface area contributed by atoms with Gasteiger partial charge in [-0.05, 0) is 61.8 Å². The monoisotopic (exact) mass is 490 g/mol. The average molecular weight is 491 g/mol. The molecule has 33 heavy (non-hydrogen) atoms. The summed E-state index contributed by atoms with van der Waals surface area (Å²) in [7, 11) is -2.16. The van der Waals surface area contributed by atoms with E-state index < -0.39 is 10.0 Å². The molecule has 2 saturated heterocycles. The number of ether oxygens (including phenoxy) is 1. The van der Waals surface area contributed by atoms with Crippen molar-refractivity contribution < 1.29 is 17.9 Å². The highest BCUT2D eigenvalue weighted by Gasteiger charge is 2.35. The summed E-state index contributed by atoms with van der Waals surface area (Å²) in [6.45, 7) is 2.26. The van der Waals surface area contributed by atoms with E-state index >= 15 is 0 Å². The predicted molar refractivity (Wildman–Crippen MR) is 129 cm³/mol. The first-order chi connectivity index (χ1) is 15.9. The third kappa shape index (κ3) is 5.53. The van der Waals surface area contributed by atoms with E-state index in [4.69, 9.17) is 16.3 Å². The van der Waals surface area contributed by atoms with Crippen LogP contribution < -0.4 is 4.74 Å². The molecular weight excluding hydrogens is 460 g/mol. The molecule has 8 heteroatoms. The highest BCUT2D eigenvalue weighted by molar-refractivity contribution is 7.89. The Kier molecular flexibility index (Phi) is 7.62. The van der Waals surface area contributed by atoms with Gasteiger partial charge in [0.1, 0.15) is 5.75 Å². The first-order valence-electron chi connectivity index (χ1n) is 11.5. The highest BCUT2D eigenvalue weighted by Crippen LogP contribution is 2.31. The normalized spacial score (nSPS) is 18.9. The number of amides is 1. The molecule has 1 amide bonds. The Bertz CT molecular complexity index is 1060. The minimum atomic E-state index is -3.65. The summed E-state index contributed by atoms with van der Waals surface area (Å²) in [5, 5.41) is 0.263. The minimum Gasteiger partial charge on any atom is -0.495 e. The molecule has 0 aliphatic carbocycles. The summed E-state index contributed by atoms with van der Waals surface area (Å²) in [6, 6.07) is 15.0. The zero-order chi connectivity index (χ0) is 23.4. The van der Waals surface area contributed by atoms with Crippen LogP contribution >= 0.6 is 11.6 Å². The summed E-state index contributed by atoms with van der Waals surface area (Å²) < 4.78 is 32.6. The second-order valence-corrected chi connectivity index (χ2v) is 11.3. The van der Waals surface area contributed by atoms with Gasteiger partial charge in [-0.3, -0.25) is 4.79 Å². The van der Waals surface area contributed by atoms with Gasteiger partial charge in [0.2, 0.25) is 15.9 Å². The largest absolute Gasteiger partial charge is 0.495 e. The lowest BCUT2D eigenvalue weighted by atomic mass is 9.89. The van der Waals surface area contributed by atoms with Gasteiger partial charge >= 0.3 is 0 Å². The third-order valence-corrected chi connectivity index (χ3v) is 9.05. The van der Waals surface area contributed by atoms with Crippen LogP contribution in [-0.2, 0) is 21.2 Å². The van der Waals surface area contributed by atoms with Gasteiger partial charge in [-0.15, -0.1) is 0 Å². The van der Waals surface area contributed by atoms with Gasteiger partial charge in [0.15, 0.2) is 0 Å². The van der Waals surface area contributed by atoms with Crippen LogP contribution in [0.25, 0.3) is 0 Å². The summed E-state index contributed by atoms with van der Waals surface area (Å²) in [5.41, 5.74) is 1.36. The number of nitrogens with zero attached hydrogens (tertiary/aromatic N) is 2. The number of carbonyl (C=O) groups excluding carboxylic acids is 1. The minimum absolute atomic E-state index is 0.110. The van der Waals surface area contributed by atoms with E-state index in [1.807, 2.05) is 11.0 Å². The number of benzene rings is 2. The first-order valence-corrected chi connectivity index (χ1v) is 13.4. The molecule has 2 aliphatic heterocycles. The Labute approximate surface area is 201 Å². The molecule has 2 heterocycles. The van der Waals surface area contributed by atoms with E-state index in [0.29, 0.717) is 37.6 Å². The number of hydrogen-bond acceptors (Lipinski definition) is 4. The molecule has 0 saturated carbocycles. The van der Waals surface area contributed by atoms with Crippen molar-refractivity contribution in [1.29, 1.82) is 0 Å². The molecule has 0 N–H and O–H groups in total. The standard InChI is InChI=1S/C25H31ClN2O4S/c1-32-24-8-7-22(18-23(24)26)33(30,31)28-15-11-21(12-16-28)25(29)27-13-9-20(10-14-27)17-19-5-3-2-4-6-19/h2-8,18,20-21H,9-17H2,1H3. The van der Waals surface area contributed by atoms with Crippen molar-refractivity contribution in [1.82, 2.24) is 9.21 Å². The van der Waals surface area contributed by atoms with Crippen molar-refractivity contribution >= 4 is 27.5 Å². The Hall–Kier alpha value is -2.09. The Morgan fingerprint density at radius 3 is 2.27 bits per heavy atom. The maximum absolute atomic E-state index is 13.1. The third-order valence-electron chi connectivity index (χ3n) is 6.86. The fourth-order valence-corrected chi connectivity index (χ4v) is 6.68. The molecule has 0 unspecified atom stereocenters. The van der Waals surface area contributed by atoms with Crippen LogP contribution in [0.2, 0.25) is 5.02 Å². The molecular formula is C25H31ClN2O4S. The van der Waals surface area contributed by atoms with Crippen molar-refractivity contribution in [3.8, 4) is 5.75 Å². The summed E-state index contributed by atoms with van der Waals surface area (Å²) in [4.78, 5) is 15.2. The van der Waals surface area contributed by atoms with E-state index in [-0.39, 0.29) is 21.7 Å². The van der Waals surface area contributed by atoms with E-state index in [1.54, 1.807) is 6.07 Å². The molecule has 0 bridgehead atoms. The topological polar surface area (TPSA) is 66.9 Å². The van der Waals surface area contributed by atoms with E-state index in [0.717, 1.165) is 32.4 Å². The van der Waals surface area contributed by atoms with Gasteiger partial charge < -0.3 is 9.64 Å². The summed E-state index contributed by atoms with van der Waals surface area (Å²) in [6.07, 6.45) is 4.20. The SMILES string of the molecule is COc1ccc(S(=O)(=O)N2CCC(C(=O)N3CCC(Cc4ccccc4)CC3)CC2)cc1Cl. The van der Waals surface area contributed by atoms with Crippen LogP contribution in [0.5, 0.6) is 5.75 Å². The van der Waals surface area contributed by atoms with Gasteiger partial charge in [0.05, 0.1) is 17.0 Å². The van der Waals surface area contributed by atoms with Crippen molar-refractivity contribution in [2.75, 3.05) is 33.3 Å². The van der Waals surface area contributed by atoms with E-state index in [2.05, 4.69) is 24.3 Å². The molecule has 2 aromatic carbocycles. The van der Waals surface area contributed by atoms with Gasteiger partial charge in [-0.2, -0.15) is 4.31 Å². The summed E-state index contributed by atoms with van der Waals surface area (Å²) in [5.74, 6) is 1.12. The lowest BCUT2D eigenvalue weighted by molar-refractivity contribution is -0.138. The maximum Gasteiger partial charge on any atom is 0.243 e. The lowest BCUT2D eigenvalue weighted by Gasteiger charge is -2.37. The van der Waals surface area contributed by atoms with Gasteiger partial charge in [0, 0.05) is 32.1 Å². The first kappa shape index (κ1) is 24.0. The lowest BCUT2D eigenvalue weighted by Crippen LogP contribution is -2.46. The van der Waals surface area contributed by atoms with Crippen LogP contribution in [0, 0.1) is 11.8 Å². The molecule has 0 aromatic heterocycles. The number of sulfonamides is 1. The van der Waals surface area contributed by atoms with Gasteiger partial charge in [-0.25, -0.2) is 8.42 Å². The number of likely N-dealkylation sites (tertiary alicyclic amines) is 1. The number of hydrogen-bond donors (Lipinski definition) is 0. The fraction of sp³-hybridized carbons (Fsp3) is 0.480. The Morgan fingerprint density at radius 2 is 1.67 bits per heavy atom. The van der Waals surface area contributed by atoms with Crippen LogP contribution in [-0.4, -0.2) is 56.8 Å². The van der Waals surface area contributed by atoms with Crippen LogP contribution in [0.3, 0.4) is 0 Å². The molecule has 2 aliphatic rings. The molecule has 6 nitrogen and oxygen atoms in total. The number of halogens is 1. The van der Waals surface area contributed by atoms with Gasteiger partial charge in [-0.1, -0.05) is 41.9 Å². The van der Waals surface area contributed by atoms with Crippen molar-refractivity contribution in [2.24, 2.45) is 11.8 Å². The number of rotatable bonds is 6. The maximum atomic E-state index is 13.1.